The first-order valence-electron chi connectivity index (χ1n) is 7.07. The van der Waals surface area contributed by atoms with Crippen molar-refractivity contribution >= 4 is 11.6 Å². The molecule has 0 atom stereocenters. The number of hydrogen-bond donors (Lipinski definition) is 0. The summed E-state index contributed by atoms with van der Waals surface area (Å²) in [6.07, 6.45) is 6.29. The highest BCUT2D eigenvalue weighted by Crippen LogP contribution is 2.38. The maximum atomic E-state index is 12.7. The van der Waals surface area contributed by atoms with E-state index in [1.807, 2.05) is 12.1 Å². The first-order valence-corrected chi connectivity index (χ1v) is 7.07. The number of aromatic nitrogens is 2. The summed E-state index contributed by atoms with van der Waals surface area (Å²) in [4.78, 5) is 22.5. The highest BCUT2D eigenvalue weighted by molar-refractivity contribution is 6.05. The first-order chi connectivity index (χ1) is 10.7. The molecule has 0 spiro atoms. The van der Waals surface area contributed by atoms with Crippen molar-refractivity contribution in [1.29, 1.82) is 0 Å². The summed E-state index contributed by atoms with van der Waals surface area (Å²) in [5.41, 5.74) is 2.17. The summed E-state index contributed by atoms with van der Waals surface area (Å²) in [7, 11) is 3.22. The van der Waals surface area contributed by atoms with Crippen molar-refractivity contribution < 1.29 is 14.3 Å². The van der Waals surface area contributed by atoms with Gasteiger partial charge in [0, 0.05) is 36.6 Å². The molecular formula is C16H17N3O3. The molecular weight excluding hydrogens is 282 g/mol. The normalized spacial score (nSPS) is 13.5. The Bertz CT molecular complexity index is 689. The van der Waals surface area contributed by atoms with Gasteiger partial charge in [0.25, 0.3) is 5.91 Å². The number of carbonyl (C=O) groups is 1. The molecule has 2 heterocycles. The lowest BCUT2D eigenvalue weighted by Gasteiger charge is -2.30. The molecule has 2 aromatic rings. The van der Waals surface area contributed by atoms with Gasteiger partial charge in [-0.1, -0.05) is 0 Å². The lowest BCUT2D eigenvalue weighted by atomic mass is 9.99. The molecule has 0 fully saturated rings. The van der Waals surface area contributed by atoms with Gasteiger partial charge in [0.2, 0.25) is 0 Å². The van der Waals surface area contributed by atoms with Crippen molar-refractivity contribution in [2.24, 2.45) is 0 Å². The van der Waals surface area contributed by atoms with Gasteiger partial charge in [-0.2, -0.15) is 0 Å². The Kier molecular flexibility index (Phi) is 3.91. The third kappa shape index (κ3) is 2.47. The van der Waals surface area contributed by atoms with Crippen molar-refractivity contribution in [3.8, 4) is 11.5 Å². The van der Waals surface area contributed by atoms with E-state index in [2.05, 4.69) is 9.97 Å². The Balaban J connectivity index is 2.05. The molecule has 0 radical (unpaired) electrons. The third-order valence-electron chi connectivity index (χ3n) is 3.74. The van der Waals surface area contributed by atoms with Crippen LogP contribution in [-0.4, -0.2) is 36.6 Å². The molecule has 1 amide bonds. The van der Waals surface area contributed by atoms with Crippen LogP contribution in [0.4, 0.5) is 5.69 Å². The van der Waals surface area contributed by atoms with E-state index in [9.17, 15) is 4.79 Å². The summed E-state index contributed by atoms with van der Waals surface area (Å²) in [6.45, 7) is 0.638. The van der Waals surface area contributed by atoms with Crippen molar-refractivity contribution in [3.05, 3.63) is 42.0 Å². The second-order valence-electron chi connectivity index (χ2n) is 4.98. The molecule has 0 N–H and O–H groups in total. The summed E-state index contributed by atoms with van der Waals surface area (Å²) >= 11 is 0. The second-order valence-corrected chi connectivity index (χ2v) is 4.98. The van der Waals surface area contributed by atoms with Gasteiger partial charge < -0.3 is 14.4 Å². The lowest BCUT2D eigenvalue weighted by molar-refractivity contribution is 0.0980. The smallest absolute Gasteiger partial charge is 0.278 e. The van der Waals surface area contributed by atoms with E-state index >= 15 is 0 Å². The van der Waals surface area contributed by atoms with E-state index in [-0.39, 0.29) is 5.91 Å². The number of carbonyl (C=O) groups excluding carboxylic acids is 1. The summed E-state index contributed by atoms with van der Waals surface area (Å²) in [5, 5.41) is 0. The Labute approximate surface area is 128 Å². The van der Waals surface area contributed by atoms with Gasteiger partial charge in [0.05, 0.1) is 26.1 Å². The van der Waals surface area contributed by atoms with Crippen molar-refractivity contribution in [2.75, 3.05) is 25.7 Å². The van der Waals surface area contributed by atoms with Crippen LogP contribution in [0.5, 0.6) is 11.5 Å². The highest BCUT2D eigenvalue weighted by Gasteiger charge is 2.27. The van der Waals surface area contributed by atoms with Crippen LogP contribution in [-0.2, 0) is 6.42 Å². The van der Waals surface area contributed by atoms with E-state index in [0.717, 1.165) is 29.8 Å². The number of ether oxygens (including phenoxy) is 2. The molecule has 1 aliphatic rings. The van der Waals surface area contributed by atoms with Crippen LogP contribution in [0.2, 0.25) is 0 Å². The van der Waals surface area contributed by atoms with E-state index in [1.165, 1.54) is 12.4 Å². The Hall–Kier alpha value is -2.63. The molecule has 1 aromatic heterocycles. The molecule has 3 rings (SSSR count). The molecule has 6 nitrogen and oxygen atoms in total. The van der Waals surface area contributed by atoms with Gasteiger partial charge in [-0.3, -0.25) is 9.78 Å². The summed E-state index contributed by atoms with van der Waals surface area (Å²) in [5.74, 6) is 1.24. The van der Waals surface area contributed by atoms with Crippen LogP contribution in [0.15, 0.2) is 30.7 Å². The van der Waals surface area contributed by atoms with Gasteiger partial charge in [-0.05, 0) is 12.8 Å². The highest BCUT2D eigenvalue weighted by atomic mass is 16.5. The van der Waals surface area contributed by atoms with E-state index in [1.54, 1.807) is 25.3 Å². The van der Waals surface area contributed by atoms with Gasteiger partial charge >= 0.3 is 0 Å². The van der Waals surface area contributed by atoms with Crippen molar-refractivity contribution in [2.45, 2.75) is 12.8 Å². The third-order valence-corrected chi connectivity index (χ3v) is 3.74. The van der Waals surface area contributed by atoms with Gasteiger partial charge in [0.1, 0.15) is 17.2 Å². The minimum atomic E-state index is -0.163. The molecule has 0 unspecified atom stereocenters. The number of rotatable bonds is 3. The number of nitrogens with zero attached hydrogens (tertiary/aromatic N) is 3. The van der Waals surface area contributed by atoms with Crippen LogP contribution < -0.4 is 14.4 Å². The van der Waals surface area contributed by atoms with E-state index in [0.29, 0.717) is 18.0 Å². The predicted octanol–water partition coefficient (Wildman–Crippen LogP) is 2.09. The fraction of sp³-hybridized carbons (Fsp3) is 0.312. The number of benzene rings is 1. The Morgan fingerprint density at radius 2 is 2.09 bits per heavy atom. The second kappa shape index (κ2) is 6.01. The number of methoxy groups -OCH3 is 2. The number of anilines is 1. The largest absolute Gasteiger partial charge is 0.497 e. The minimum Gasteiger partial charge on any atom is -0.497 e. The quantitative estimate of drug-likeness (QED) is 0.868. The predicted molar refractivity (Wildman–Crippen MR) is 81.6 cm³/mol. The monoisotopic (exact) mass is 299 g/mol. The number of fused-ring (bicyclic) bond motifs is 1. The molecule has 114 valence electrons. The lowest BCUT2D eigenvalue weighted by Crippen LogP contribution is -2.36. The molecule has 0 saturated heterocycles. The molecule has 0 bridgehead atoms. The van der Waals surface area contributed by atoms with Crippen molar-refractivity contribution in [1.82, 2.24) is 9.97 Å². The van der Waals surface area contributed by atoms with E-state index < -0.39 is 0 Å². The molecule has 22 heavy (non-hydrogen) atoms. The van der Waals surface area contributed by atoms with Gasteiger partial charge in [-0.15, -0.1) is 0 Å². The molecule has 0 saturated carbocycles. The fourth-order valence-electron chi connectivity index (χ4n) is 2.69. The summed E-state index contributed by atoms with van der Waals surface area (Å²) < 4.78 is 10.8. The zero-order valence-electron chi connectivity index (χ0n) is 12.6. The van der Waals surface area contributed by atoms with Crippen LogP contribution in [0.3, 0.4) is 0 Å². The molecule has 1 aliphatic heterocycles. The Morgan fingerprint density at radius 3 is 2.77 bits per heavy atom. The average molecular weight is 299 g/mol. The van der Waals surface area contributed by atoms with Gasteiger partial charge in [0.15, 0.2) is 0 Å². The molecule has 6 heteroatoms. The van der Waals surface area contributed by atoms with Crippen molar-refractivity contribution in [3.63, 3.8) is 0 Å². The first kappa shape index (κ1) is 14.3. The SMILES string of the molecule is COc1cc(OC)c2c(c1)N(C(=O)c1cnccn1)CCC2. The maximum absolute atomic E-state index is 12.7. The fourth-order valence-corrected chi connectivity index (χ4v) is 2.69. The Morgan fingerprint density at radius 1 is 1.23 bits per heavy atom. The minimum absolute atomic E-state index is 0.163. The topological polar surface area (TPSA) is 64.6 Å². The van der Waals surface area contributed by atoms with Gasteiger partial charge in [-0.25, -0.2) is 4.98 Å². The van der Waals surface area contributed by atoms with Crippen LogP contribution in [0.25, 0.3) is 0 Å². The average Bonchev–Trinajstić information content (AvgIpc) is 2.60. The number of amides is 1. The molecule has 1 aromatic carbocycles. The standard InChI is InChI=1S/C16H17N3O3/c1-21-11-8-14-12(15(9-11)22-2)4-3-7-19(14)16(20)13-10-17-5-6-18-13/h5-6,8-10H,3-4,7H2,1-2H3. The maximum Gasteiger partial charge on any atom is 0.278 e. The van der Waals surface area contributed by atoms with Crippen LogP contribution in [0, 0.1) is 0 Å². The summed E-state index contributed by atoms with van der Waals surface area (Å²) in [6, 6.07) is 3.71. The number of hydrogen-bond acceptors (Lipinski definition) is 5. The van der Waals surface area contributed by atoms with Crippen LogP contribution >= 0.6 is 0 Å². The zero-order valence-corrected chi connectivity index (χ0v) is 12.6. The van der Waals surface area contributed by atoms with Crippen LogP contribution in [0.1, 0.15) is 22.5 Å². The van der Waals surface area contributed by atoms with E-state index in [4.69, 9.17) is 9.47 Å². The molecule has 0 aliphatic carbocycles. The zero-order chi connectivity index (χ0) is 15.5.